The molecule has 0 N–H and O–H groups in total. The minimum Gasteiger partial charge on any atom is -0.467 e. The third-order valence-corrected chi connectivity index (χ3v) is 7.42. The molecule has 0 aliphatic heterocycles. The quantitative estimate of drug-likeness (QED) is 0.411. The molecular formula is C21H16F2N2O4S2. The number of rotatable bonds is 6. The molecule has 0 radical (unpaired) electrons. The Labute approximate surface area is 180 Å². The summed E-state index contributed by atoms with van der Waals surface area (Å²) in [6.07, 6.45) is 1.43. The molecule has 0 aliphatic rings. The van der Waals surface area contributed by atoms with Gasteiger partial charge in [-0.25, -0.2) is 22.2 Å². The lowest BCUT2D eigenvalue weighted by Gasteiger charge is -2.20. The van der Waals surface area contributed by atoms with E-state index in [1.54, 1.807) is 18.2 Å². The summed E-state index contributed by atoms with van der Waals surface area (Å²) in [5.74, 6) is -2.03. The van der Waals surface area contributed by atoms with Crippen LogP contribution in [0, 0.1) is 11.6 Å². The molecule has 2 heterocycles. The molecule has 160 valence electrons. The number of fused-ring (bicyclic) bond motifs is 1. The lowest BCUT2D eigenvalue weighted by molar-refractivity contribution is 0.0980. The molecule has 0 aliphatic carbocycles. The first-order valence-corrected chi connectivity index (χ1v) is 11.7. The fraction of sp³-hybridized carbons (Fsp3) is 0.143. The lowest BCUT2D eigenvalue weighted by Crippen LogP contribution is -2.31. The van der Waals surface area contributed by atoms with Crippen molar-refractivity contribution in [1.29, 1.82) is 0 Å². The van der Waals surface area contributed by atoms with Gasteiger partial charge in [0, 0.05) is 6.07 Å². The number of hydrogen-bond donors (Lipinski definition) is 0. The minimum atomic E-state index is -3.69. The van der Waals surface area contributed by atoms with Crippen LogP contribution in [0.1, 0.15) is 23.0 Å². The van der Waals surface area contributed by atoms with Gasteiger partial charge in [0.15, 0.2) is 20.8 Å². The molecule has 10 heteroatoms. The van der Waals surface area contributed by atoms with E-state index in [4.69, 9.17) is 4.42 Å². The first-order valence-electron chi connectivity index (χ1n) is 9.22. The molecule has 4 aromatic rings. The summed E-state index contributed by atoms with van der Waals surface area (Å²) in [6, 6.07) is 11.0. The molecular weight excluding hydrogens is 446 g/mol. The maximum absolute atomic E-state index is 14.2. The Hall–Kier alpha value is -3.11. The number of carbonyl (C=O) groups excluding carboxylic acids is 1. The van der Waals surface area contributed by atoms with Gasteiger partial charge in [0.05, 0.1) is 33.7 Å². The predicted octanol–water partition coefficient (Wildman–Crippen LogP) is 4.81. The number of furan rings is 1. The molecule has 0 saturated carbocycles. The molecule has 0 saturated heterocycles. The zero-order valence-corrected chi connectivity index (χ0v) is 17.8. The Balaban J connectivity index is 1.86. The van der Waals surface area contributed by atoms with Crippen LogP contribution in [0.5, 0.6) is 0 Å². The highest BCUT2D eigenvalue weighted by molar-refractivity contribution is 7.91. The van der Waals surface area contributed by atoms with Crippen LogP contribution in [-0.4, -0.2) is 25.1 Å². The van der Waals surface area contributed by atoms with E-state index >= 15 is 0 Å². The minimum absolute atomic E-state index is 0.0400. The standard InChI is InChI=1S/C21H16F2N2O4S2/c1-2-31(27,28)18-8-4-3-7-15(18)20(26)25(12-14-6-5-9-29-14)21-24-19-16(23)10-13(22)11-17(19)30-21/h3-11H,2,12H2,1H3. The van der Waals surface area contributed by atoms with Crippen LogP contribution in [0.3, 0.4) is 0 Å². The summed E-state index contributed by atoms with van der Waals surface area (Å²) >= 11 is 0.921. The Morgan fingerprint density at radius 3 is 2.65 bits per heavy atom. The van der Waals surface area contributed by atoms with Crippen molar-refractivity contribution in [2.75, 3.05) is 10.7 Å². The van der Waals surface area contributed by atoms with Crippen molar-refractivity contribution in [2.45, 2.75) is 18.4 Å². The second-order valence-corrected chi connectivity index (χ2v) is 9.86. The number of sulfone groups is 1. The van der Waals surface area contributed by atoms with Gasteiger partial charge in [0.25, 0.3) is 5.91 Å². The number of halogens is 2. The van der Waals surface area contributed by atoms with Crippen LogP contribution >= 0.6 is 11.3 Å². The second kappa shape index (κ2) is 8.20. The van der Waals surface area contributed by atoms with Gasteiger partial charge in [-0.15, -0.1) is 0 Å². The van der Waals surface area contributed by atoms with Gasteiger partial charge in [-0.2, -0.15) is 0 Å². The van der Waals surface area contributed by atoms with Gasteiger partial charge in [-0.1, -0.05) is 30.4 Å². The summed E-state index contributed by atoms with van der Waals surface area (Å²) in [4.78, 5) is 18.8. The van der Waals surface area contributed by atoms with Gasteiger partial charge in [-0.3, -0.25) is 9.69 Å². The van der Waals surface area contributed by atoms with E-state index in [0.29, 0.717) is 11.8 Å². The second-order valence-electron chi connectivity index (χ2n) is 6.60. The van der Waals surface area contributed by atoms with Crippen molar-refractivity contribution in [3.63, 3.8) is 0 Å². The SMILES string of the molecule is CCS(=O)(=O)c1ccccc1C(=O)N(Cc1ccco1)c1nc2c(F)cc(F)cc2s1. The maximum atomic E-state index is 14.2. The highest BCUT2D eigenvalue weighted by atomic mass is 32.2. The summed E-state index contributed by atoms with van der Waals surface area (Å²) in [5, 5.41) is 0.0876. The van der Waals surface area contributed by atoms with E-state index in [-0.39, 0.29) is 38.1 Å². The third kappa shape index (κ3) is 4.08. The fourth-order valence-corrected chi connectivity index (χ4v) is 5.15. The molecule has 0 unspecified atom stereocenters. The van der Waals surface area contributed by atoms with Gasteiger partial charge in [0.1, 0.15) is 17.1 Å². The summed E-state index contributed by atoms with van der Waals surface area (Å²) in [6.45, 7) is 1.42. The Morgan fingerprint density at radius 2 is 1.94 bits per heavy atom. The van der Waals surface area contributed by atoms with Crippen LogP contribution in [0.15, 0.2) is 64.1 Å². The van der Waals surface area contributed by atoms with E-state index in [1.165, 1.54) is 36.3 Å². The van der Waals surface area contributed by atoms with Crippen molar-refractivity contribution in [2.24, 2.45) is 0 Å². The van der Waals surface area contributed by atoms with Crippen molar-refractivity contribution in [1.82, 2.24) is 4.98 Å². The zero-order chi connectivity index (χ0) is 22.2. The monoisotopic (exact) mass is 462 g/mol. The molecule has 6 nitrogen and oxygen atoms in total. The fourth-order valence-electron chi connectivity index (χ4n) is 3.06. The molecule has 1 amide bonds. The first-order chi connectivity index (χ1) is 14.8. The smallest absolute Gasteiger partial charge is 0.261 e. The first kappa shape index (κ1) is 21.1. The van der Waals surface area contributed by atoms with E-state index in [0.717, 1.165) is 17.4 Å². The molecule has 2 aromatic carbocycles. The predicted molar refractivity (Wildman–Crippen MR) is 113 cm³/mol. The van der Waals surface area contributed by atoms with Crippen LogP contribution in [0.4, 0.5) is 13.9 Å². The number of nitrogens with zero attached hydrogens (tertiary/aromatic N) is 2. The Bertz CT molecular complexity index is 1370. The van der Waals surface area contributed by atoms with E-state index in [2.05, 4.69) is 4.98 Å². The van der Waals surface area contributed by atoms with Crippen LogP contribution < -0.4 is 4.90 Å². The summed E-state index contributed by atoms with van der Waals surface area (Å²) < 4.78 is 58.5. The van der Waals surface area contributed by atoms with E-state index < -0.39 is 27.4 Å². The molecule has 2 aromatic heterocycles. The number of hydrogen-bond acceptors (Lipinski definition) is 6. The van der Waals surface area contributed by atoms with Gasteiger partial charge < -0.3 is 4.42 Å². The molecule has 0 atom stereocenters. The largest absolute Gasteiger partial charge is 0.467 e. The maximum Gasteiger partial charge on any atom is 0.261 e. The van der Waals surface area contributed by atoms with Crippen molar-refractivity contribution in [3.8, 4) is 0 Å². The number of thiazole rings is 1. The zero-order valence-electron chi connectivity index (χ0n) is 16.2. The van der Waals surface area contributed by atoms with E-state index in [1.807, 2.05) is 0 Å². The van der Waals surface area contributed by atoms with Crippen molar-refractivity contribution < 1.29 is 26.4 Å². The number of amides is 1. The molecule has 0 spiro atoms. The Morgan fingerprint density at radius 1 is 1.16 bits per heavy atom. The number of carbonyl (C=O) groups is 1. The topological polar surface area (TPSA) is 80.5 Å². The van der Waals surface area contributed by atoms with Gasteiger partial charge in [-0.05, 0) is 30.3 Å². The van der Waals surface area contributed by atoms with Gasteiger partial charge in [0.2, 0.25) is 0 Å². The molecule has 0 bridgehead atoms. The van der Waals surface area contributed by atoms with Crippen LogP contribution in [0.2, 0.25) is 0 Å². The highest BCUT2D eigenvalue weighted by Crippen LogP contribution is 2.33. The molecule has 4 rings (SSSR count). The van der Waals surface area contributed by atoms with Crippen LogP contribution in [0.25, 0.3) is 10.2 Å². The van der Waals surface area contributed by atoms with Crippen molar-refractivity contribution >= 4 is 42.4 Å². The molecule has 0 fully saturated rings. The number of anilines is 1. The van der Waals surface area contributed by atoms with Crippen LogP contribution in [-0.2, 0) is 16.4 Å². The number of aromatic nitrogens is 1. The Kier molecular flexibility index (Phi) is 5.59. The van der Waals surface area contributed by atoms with Crippen molar-refractivity contribution in [3.05, 3.63) is 77.8 Å². The third-order valence-electron chi connectivity index (χ3n) is 4.60. The highest BCUT2D eigenvalue weighted by Gasteiger charge is 2.28. The molecule has 31 heavy (non-hydrogen) atoms. The summed E-state index contributed by atoms with van der Waals surface area (Å²) in [7, 11) is -3.69. The normalized spacial score (nSPS) is 11.7. The average molecular weight is 462 g/mol. The van der Waals surface area contributed by atoms with E-state index in [9.17, 15) is 22.0 Å². The average Bonchev–Trinajstić information content (AvgIpc) is 3.41. The van der Waals surface area contributed by atoms with Gasteiger partial charge >= 0.3 is 0 Å². The summed E-state index contributed by atoms with van der Waals surface area (Å²) in [5.41, 5.74) is -0.116. The lowest BCUT2D eigenvalue weighted by atomic mass is 10.2. The number of benzene rings is 2.